The number of nitrogens with one attached hydrogen (secondary N) is 2. The monoisotopic (exact) mass is 394 g/mol. The van der Waals surface area contributed by atoms with Crippen LogP contribution in [0.1, 0.15) is 26.7 Å². The number of allylic oxidation sites excluding steroid dienone is 1. The van der Waals surface area contributed by atoms with Crippen molar-refractivity contribution in [2.24, 2.45) is 0 Å². The molecule has 0 aromatic heterocycles. The minimum Gasteiger partial charge on any atom is -0.504 e. The van der Waals surface area contributed by atoms with Gasteiger partial charge in [-0.05, 0) is 31.9 Å². The first-order valence-electron chi connectivity index (χ1n) is 7.33. The molecule has 1 aliphatic carbocycles. The van der Waals surface area contributed by atoms with E-state index in [1.807, 2.05) is 13.0 Å². The number of carbonyl (C=O) groups excluding carboxylic acids is 1. The fraction of sp³-hybridized carbons (Fsp3) is 0.400. The Labute approximate surface area is 148 Å². The van der Waals surface area contributed by atoms with Crippen LogP contribution in [0.4, 0.5) is 19.3 Å². The molecule has 0 heterocycles. The summed E-state index contributed by atoms with van der Waals surface area (Å²) in [6.45, 7) is 2.03. The average Bonchev–Trinajstić information content (AvgIpc) is 2.86. The van der Waals surface area contributed by atoms with Crippen LogP contribution in [0.25, 0.3) is 0 Å². The van der Waals surface area contributed by atoms with Crippen LogP contribution in [0.5, 0.6) is 5.75 Å². The van der Waals surface area contributed by atoms with Crippen molar-refractivity contribution in [1.29, 1.82) is 0 Å². The highest BCUT2D eigenvalue weighted by molar-refractivity contribution is 7.92. The summed E-state index contributed by atoms with van der Waals surface area (Å²) in [7, 11) is -5.22. The molecule has 0 aliphatic heterocycles. The summed E-state index contributed by atoms with van der Waals surface area (Å²) in [4.78, 5) is 10.9. The molecule has 0 spiro atoms. The Kier molecular flexibility index (Phi) is 5.29. The number of sulfone groups is 1. The van der Waals surface area contributed by atoms with Crippen LogP contribution in [0.3, 0.4) is 0 Å². The molecule has 1 aliphatic rings. The van der Waals surface area contributed by atoms with E-state index >= 15 is 0 Å². The van der Waals surface area contributed by atoms with Crippen LogP contribution in [-0.2, 0) is 9.84 Å². The highest BCUT2D eigenvalue weighted by Crippen LogP contribution is 2.42. The van der Waals surface area contributed by atoms with E-state index in [1.165, 1.54) is 0 Å². The topological polar surface area (TPSA) is 95.5 Å². The van der Waals surface area contributed by atoms with E-state index in [0.29, 0.717) is 6.42 Å². The molecule has 3 N–H and O–H groups in total. The van der Waals surface area contributed by atoms with E-state index in [0.717, 1.165) is 24.1 Å². The second kappa shape index (κ2) is 6.80. The van der Waals surface area contributed by atoms with Crippen LogP contribution in [0, 0.1) is 0 Å². The van der Waals surface area contributed by atoms with Crippen molar-refractivity contribution in [2.75, 3.05) is 5.32 Å². The Morgan fingerprint density at radius 3 is 2.56 bits per heavy atom. The van der Waals surface area contributed by atoms with E-state index in [-0.39, 0.29) is 18.7 Å². The number of phenolic OH excluding ortho intramolecular Hbond substituents is 1. The summed E-state index contributed by atoms with van der Waals surface area (Å²) in [5, 5.41) is 10.3. The Bertz CT molecular complexity index is 835. The standard InChI is InChI=1S/C15H17ClF2N2O4S/c1-8-4-3-5-10(8)19-14(22)20-11-7-6-9(16)13(12(11)21)25(23,24)15(2,17)18/h4,6-7,10,21H,3,5H2,1-2H3,(H2,19,20,22). The van der Waals surface area contributed by atoms with Crippen molar-refractivity contribution < 1.29 is 27.1 Å². The van der Waals surface area contributed by atoms with E-state index in [2.05, 4.69) is 10.6 Å². The number of halogens is 3. The summed E-state index contributed by atoms with van der Waals surface area (Å²) in [5.74, 6) is -1.04. The molecule has 138 valence electrons. The second-order valence-electron chi connectivity index (χ2n) is 5.76. The molecule has 6 nitrogen and oxygen atoms in total. The number of carbonyl (C=O) groups is 1. The molecule has 0 saturated heterocycles. The van der Waals surface area contributed by atoms with Gasteiger partial charge >= 0.3 is 11.3 Å². The third-order valence-corrected chi connectivity index (χ3v) is 6.17. The van der Waals surface area contributed by atoms with Gasteiger partial charge in [0.2, 0.25) is 9.84 Å². The lowest BCUT2D eigenvalue weighted by atomic mass is 10.2. The number of rotatable bonds is 4. The van der Waals surface area contributed by atoms with Crippen LogP contribution in [0.15, 0.2) is 28.7 Å². The van der Waals surface area contributed by atoms with Crippen molar-refractivity contribution in [1.82, 2.24) is 5.32 Å². The molecule has 1 atom stereocenters. The Balaban J connectivity index is 2.30. The first kappa shape index (κ1) is 19.5. The number of phenols is 1. The first-order valence-corrected chi connectivity index (χ1v) is 9.19. The average molecular weight is 395 g/mol. The molecule has 1 unspecified atom stereocenters. The molecule has 2 amide bonds. The van der Waals surface area contributed by atoms with Gasteiger partial charge in [-0.15, -0.1) is 0 Å². The molecule has 0 bridgehead atoms. The molecule has 2 rings (SSSR count). The first-order chi connectivity index (χ1) is 11.4. The fourth-order valence-electron chi connectivity index (χ4n) is 2.43. The maximum absolute atomic E-state index is 13.4. The van der Waals surface area contributed by atoms with Crippen LogP contribution >= 0.6 is 11.6 Å². The fourth-order valence-corrected chi connectivity index (χ4v) is 3.94. The number of amides is 2. The zero-order valence-electron chi connectivity index (χ0n) is 13.4. The van der Waals surface area contributed by atoms with Crippen molar-refractivity contribution in [3.63, 3.8) is 0 Å². The normalized spacial score (nSPS) is 18.0. The third-order valence-electron chi connectivity index (χ3n) is 3.85. The van der Waals surface area contributed by atoms with Crippen LogP contribution < -0.4 is 10.6 Å². The minimum atomic E-state index is -5.22. The van der Waals surface area contributed by atoms with Gasteiger partial charge in [0.15, 0.2) is 5.75 Å². The summed E-state index contributed by atoms with van der Waals surface area (Å²) in [6, 6.07) is 1.25. The van der Waals surface area contributed by atoms with Gasteiger partial charge < -0.3 is 15.7 Å². The van der Waals surface area contributed by atoms with Gasteiger partial charge in [0.25, 0.3) is 0 Å². The zero-order valence-corrected chi connectivity index (χ0v) is 15.0. The molecule has 0 radical (unpaired) electrons. The quantitative estimate of drug-likeness (QED) is 0.536. The SMILES string of the molecule is CC1=CCCC1NC(=O)Nc1ccc(Cl)c(S(=O)(=O)C(C)(F)F)c1O. The summed E-state index contributed by atoms with van der Waals surface area (Å²) in [6.07, 6.45) is 3.50. The van der Waals surface area contributed by atoms with E-state index in [4.69, 9.17) is 11.6 Å². The number of hydrogen-bond acceptors (Lipinski definition) is 4. The smallest absolute Gasteiger partial charge is 0.347 e. The molecule has 1 aromatic carbocycles. The maximum atomic E-state index is 13.4. The highest BCUT2D eigenvalue weighted by atomic mass is 35.5. The van der Waals surface area contributed by atoms with Crippen molar-refractivity contribution in [3.05, 3.63) is 28.8 Å². The van der Waals surface area contributed by atoms with Gasteiger partial charge in [-0.2, -0.15) is 8.78 Å². The predicted octanol–water partition coefficient (Wildman–Crippen LogP) is 3.66. The van der Waals surface area contributed by atoms with Crippen molar-refractivity contribution in [3.8, 4) is 5.75 Å². The number of anilines is 1. The Morgan fingerprint density at radius 1 is 1.40 bits per heavy atom. The van der Waals surface area contributed by atoms with Gasteiger partial charge in [0, 0.05) is 6.92 Å². The number of urea groups is 1. The molecule has 1 aromatic rings. The molecular formula is C15H17ClF2N2O4S. The lowest BCUT2D eigenvalue weighted by Gasteiger charge is -2.18. The number of benzene rings is 1. The number of alkyl halides is 2. The minimum absolute atomic E-state index is 0.181. The molecular weight excluding hydrogens is 378 g/mol. The van der Waals surface area contributed by atoms with Crippen molar-refractivity contribution >= 4 is 33.2 Å². The van der Waals surface area contributed by atoms with E-state index in [1.54, 1.807) is 0 Å². The Morgan fingerprint density at radius 2 is 2.04 bits per heavy atom. The number of aromatic hydroxyl groups is 1. The zero-order chi connectivity index (χ0) is 19.0. The maximum Gasteiger partial charge on any atom is 0.347 e. The lowest BCUT2D eigenvalue weighted by molar-refractivity contribution is 0.114. The van der Waals surface area contributed by atoms with E-state index < -0.39 is 36.8 Å². The molecule has 0 fully saturated rings. The van der Waals surface area contributed by atoms with Gasteiger partial charge in [-0.3, -0.25) is 0 Å². The summed E-state index contributed by atoms with van der Waals surface area (Å²) in [5.41, 5.74) is 0.633. The van der Waals surface area contributed by atoms with Crippen LogP contribution in [0.2, 0.25) is 5.02 Å². The molecule has 25 heavy (non-hydrogen) atoms. The number of hydrogen-bond donors (Lipinski definition) is 3. The largest absolute Gasteiger partial charge is 0.504 e. The summed E-state index contributed by atoms with van der Waals surface area (Å²) >= 11 is 5.68. The predicted molar refractivity (Wildman–Crippen MR) is 89.9 cm³/mol. The summed E-state index contributed by atoms with van der Waals surface area (Å²) < 4.78 is 50.6. The van der Waals surface area contributed by atoms with Crippen molar-refractivity contribution in [2.45, 2.75) is 42.9 Å². The molecule has 10 heteroatoms. The van der Waals surface area contributed by atoms with Gasteiger partial charge in [-0.25, -0.2) is 13.2 Å². The van der Waals surface area contributed by atoms with Gasteiger partial charge in [0.05, 0.1) is 16.8 Å². The van der Waals surface area contributed by atoms with Gasteiger partial charge in [0.1, 0.15) is 4.90 Å². The Hall–Kier alpha value is -1.87. The highest BCUT2D eigenvalue weighted by Gasteiger charge is 2.44. The third kappa shape index (κ3) is 3.87. The second-order valence-corrected chi connectivity index (χ2v) is 8.30. The lowest BCUT2D eigenvalue weighted by Crippen LogP contribution is -2.37. The van der Waals surface area contributed by atoms with Gasteiger partial charge in [-0.1, -0.05) is 23.3 Å². The van der Waals surface area contributed by atoms with Crippen LogP contribution in [-0.4, -0.2) is 30.9 Å². The van der Waals surface area contributed by atoms with E-state index in [9.17, 15) is 27.1 Å². The molecule has 0 saturated carbocycles.